The molecule has 0 radical (unpaired) electrons. The monoisotopic (exact) mass is 228 g/mol. The van der Waals surface area contributed by atoms with Gasteiger partial charge in [-0.25, -0.2) is 0 Å². The highest BCUT2D eigenvalue weighted by Gasteiger charge is 2.21. The molecule has 0 aliphatic carbocycles. The van der Waals surface area contributed by atoms with E-state index in [4.69, 9.17) is 0 Å². The SMILES string of the molecule is CCC(O)CCNC(=O)CN1CCCC1=O. The van der Waals surface area contributed by atoms with Crippen LogP contribution in [0.2, 0.25) is 0 Å². The molecule has 5 heteroatoms. The highest BCUT2D eigenvalue weighted by Crippen LogP contribution is 2.08. The molecule has 1 saturated heterocycles. The number of carbonyl (C=O) groups is 2. The minimum absolute atomic E-state index is 0.0590. The van der Waals surface area contributed by atoms with Crippen LogP contribution >= 0.6 is 0 Å². The summed E-state index contributed by atoms with van der Waals surface area (Å²) in [5.41, 5.74) is 0. The first-order chi connectivity index (χ1) is 7.63. The molecule has 0 bridgehead atoms. The van der Waals surface area contributed by atoms with E-state index in [2.05, 4.69) is 5.32 Å². The van der Waals surface area contributed by atoms with Crippen molar-refractivity contribution in [2.45, 2.75) is 38.7 Å². The van der Waals surface area contributed by atoms with Gasteiger partial charge in [-0.1, -0.05) is 6.92 Å². The Morgan fingerprint density at radius 2 is 2.38 bits per heavy atom. The zero-order valence-corrected chi connectivity index (χ0v) is 9.74. The molecule has 1 atom stereocenters. The van der Waals surface area contributed by atoms with E-state index in [0.717, 1.165) is 6.42 Å². The number of amides is 2. The first-order valence-corrected chi connectivity index (χ1v) is 5.86. The maximum Gasteiger partial charge on any atom is 0.239 e. The summed E-state index contributed by atoms with van der Waals surface area (Å²) >= 11 is 0. The lowest BCUT2D eigenvalue weighted by molar-refractivity contribution is -0.133. The third-order valence-corrected chi connectivity index (χ3v) is 2.78. The van der Waals surface area contributed by atoms with Gasteiger partial charge in [0.05, 0.1) is 12.6 Å². The van der Waals surface area contributed by atoms with Crippen LogP contribution in [-0.4, -0.2) is 47.6 Å². The van der Waals surface area contributed by atoms with Gasteiger partial charge in [0.1, 0.15) is 0 Å². The number of nitrogens with zero attached hydrogens (tertiary/aromatic N) is 1. The van der Waals surface area contributed by atoms with Crippen molar-refractivity contribution < 1.29 is 14.7 Å². The summed E-state index contributed by atoms with van der Waals surface area (Å²) in [6, 6.07) is 0. The molecule has 0 saturated carbocycles. The van der Waals surface area contributed by atoms with Crippen LogP contribution < -0.4 is 5.32 Å². The van der Waals surface area contributed by atoms with Gasteiger partial charge >= 0.3 is 0 Å². The predicted molar refractivity (Wildman–Crippen MR) is 59.7 cm³/mol. The summed E-state index contributed by atoms with van der Waals surface area (Å²) in [6.45, 7) is 3.20. The normalized spacial score (nSPS) is 17.6. The Kier molecular flexibility index (Phi) is 5.25. The molecule has 1 heterocycles. The highest BCUT2D eigenvalue weighted by atomic mass is 16.3. The van der Waals surface area contributed by atoms with Gasteiger partial charge < -0.3 is 15.3 Å². The molecule has 5 nitrogen and oxygen atoms in total. The molecule has 0 aromatic carbocycles. The first kappa shape index (κ1) is 13.0. The fourth-order valence-corrected chi connectivity index (χ4v) is 1.68. The molecular formula is C11H20N2O3. The van der Waals surface area contributed by atoms with E-state index in [0.29, 0.717) is 32.4 Å². The van der Waals surface area contributed by atoms with Crippen molar-refractivity contribution in [1.29, 1.82) is 0 Å². The summed E-state index contributed by atoms with van der Waals surface area (Å²) < 4.78 is 0. The van der Waals surface area contributed by atoms with E-state index in [9.17, 15) is 14.7 Å². The average Bonchev–Trinajstić information content (AvgIpc) is 2.64. The van der Waals surface area contributed by atoms with Crippen LogP contribution in [0.4, 0.5) is 0 Å². The topological polar surface area (TPSA) is 69.6 Å². The molecule has 0 spiro atoms. The lowest BCUT2D eigenvalue weighted by Gasteiger charge is -2.15. The Balaban J connectivity index is 2.13. The van der Waals surface area contributed by atoms with Gasteiger partial charge in [-0.3, -0.25) is 9.59 Å². The molecule has 1 aliphatic heterocycles. The average molecular weight is 228 g/mol. The van der Waals surface area contributed by atoms with Crippen LogP contribution in [0.3, 0.4) is 0 Å². The molecule has 16 heavy (non-hydrogen) atoms. The predicted octanol–water partition coefficient (Wildman–Crippen LogP) is -0.114. The minimum atomic E-state index is -0.353. The van der Waals surface area contributed by atoms with Gasteiger partial charge in [0, 0.05) is 19.5 Å². The molecular weight excluding hydrogens is 208 g/mol. The second kappa shape index (κ2) is 6.48. The summed E-state index contributed by atoms with van der Waals surface area (Å²) in [5.74, 6) is -0.0812. The van der Waals surface area contributed by atoms with Crippen LogP contribution in [0.25, 0.3) is 0 Å². The highest BCUT2D eigenvalue weighted by molar-refractivity contribution is 5.85. The van der Waals surface area contributed by atoms with Crippen LogP contribution in [-0.2, 0) is 9.59 Å². The summed E-state index contributed by atoms with van der Waals surface area (Å²) in [6.07, 6.45) is 2.31. The number of likely N-dealkylation sites (tertiary alicyclic amines) is 1. The Labute approximate surface area is 95.8 Å². The molecule has 0 aromatic rings. The first-order valence-electron chi connectivity index (χ1n) is 5.86. The number of aliphatic hydroxyl groups is 1. The number of hydrogen-bond donors (Lipinski definition) is 2. The zero-order chi connectivity index (χ0) is 12.0. The van der Waals surface area contributed by atoms with Crippen LogP contribution in [0, 0.1) is 0 Å². The molecule has 1 unspecified atom stereocenters. The van der Waals surface area contributed by atoms with Crippen LogP contribution in [0.5, 0.6) is 0 Å². The van der Waals surface area contributed by atoms with E-state index in [1.165, 1.54) is 0 Å². The molecule has 1 aliphatic rings. The summed E-state index contributed by atoms with van der Waals surface area (Å²) in [7, 11) is 0. The van der Waals surface area contributed by atoms with Crippen LogP contribution in [0.1, 0.15) is 32.6 Å². The van der Waals surface area contributed by atoms with Gasteiger partial charge in [-0.2, -0.15) is 0 Å². The van der Waals surface area contributed by atoms with Crippen molar-refractivity contribution in [3.63, 3.8) is 0 Å². The van der Waals surface area contributed by atoms with Gasteiger partial charge in [0.2, 0.25) is 11.8 Å². The molecule has 92 valence electrons. The molecule has 1 fully saturated rings. The molecule has 1 rings (SSSR count). The third kappa shape index (κ3) is 4.18. The van der Waals surface area contributed by atoms with E-state index in [1.807, 2.05) is 6.92 Å². The van der Waals surface area contributed by atoms with Gasteiger partial charge in [-0.05, 0) is 19.3 Å². The van der Waals surface area contributed by atoms with E-state index in [1.54, 1.807) is 4.90 Å². The number of rotatable bonds is 6. The standard InChI is InChI=1S/C11H20N2O3/c1-2-9(14)5-6-12-10(15)8-13-7-3-4-11(13)16/h9,14H,2-8H2,1H3,(H,12,15). The van der Waals surface area contributed by atoms with Crippen molar-refractivity contribution in [2.75, 3.05) is 19.6 Å². The minimum Gasteiger partial charge on any atom is -0.393 e. The Morgan fingerprint density at radius 3 is 2.94 bits per heavy atom. The molecule has 2 N–H and O–H groups in total. The number of aliphatic hydroxyl groups excluding tert-OH is 1. The Morgan fingerprint density at radius 1 is 1.62 bits per heavy atom. The zero-order valence-electron chi connectivity index (χ0n) is 9.74. The lowest BCUT2D eigenvalue weighted by Crippen LogP contribution is -2.38. The summed E-state index contributed by atoms with van der Waals surface area (Å²) in [5, 5.41) is 12.0. The number of nitrogens with one attached hydrogen (secondary N) is 1. The smallest absolute Gasteiger partial charge is 0.239 e. The van der Waals surface area contributed by atoms with Crippen LogP contribution in [0.15, 0.2) is 0 Å². The Hall–Kier alpha value is -1.10. The van der Waals surface area contributed by atoms with Gasteiger partial charge in [-0.15, -0.1) is 0 Å². The van der Waals surface area contributed by atoms with E-state index in [-0.39, 0.29) is 24.5 Å². The maximum absolute atomic E-state index is 11.4. The summed E-state index contributed by atoms with van der Waals surface area (Å²) in [4.78, 5) is 24.2. The van der Waals surface area contributed by atoms with Crippen molar-refractivity contribution in [3.05, 3.63) is 0 Å². The van der Waals surface area contributed by atoms with E-state index >= 15 is 0 Å². The number of hydrogen-bond acceptors (Lipinski definition) is 3. The van der Waals surface area contributed by atoms with Crippen molar-refractivity contribution in [2.24, 2.45) is 0 Å². The largest absolute Gasteiger partial charge is 0.393 e. The van der Waals surface area contributed by atoms with Crippen molar-refractivity contribution in [1.82, 2.24) is 10.2 Å². The maximum atomic E-state index is 11.4. The second-order valence-corrected chi connectivity index (χ2v) is 4.12. The second-order valence-electron chi connectivity index (χ2n) is 4.12. The quantitative estimate of drug-likeness (QED) is 0.666. The fourth-order valence-electron chi connectivity index (χ4n) is 1.68. The van der Waals surface area contributed by atoms with Crippen molar-refractivity contribution in [3.8, 4) is 0 Å². The molecule has 2 amide bonds. The Bertz CT molecular complexity index is 256. The van der Waals surface area contributed by atoms with Gasteiger partial charge in [0.25, 0.3) is 0 Å². The third-order valence-electron chi connectivity index (χ3n) is 2.78. The fraction of sp³-hybridized carbons (Fsp3) is 0.818. The van der Waals surface area contributed by atoms with Crippen molar-refractivity contribution >= 4 is 11.8 Å². The number of carbonyl (C=O) groups excluding carboxylic acids is 2. The van der Waals surface area contributed by atoms with Gasteiger partial charge in [0.15, 0.2) is 0 Å². The molecule has 0 aromatic heterocycles. The lowest BCUT2D eigenvalue weighted by atomic mass is 10.2. The van der Waals surface area contributed by atoms with E-state index < -0.39 is 0 Å².